The minimum absolute atomic E-state index is 0.0333. The fourth-order valence-corrected chi connectivity index (χ4v) is 5.03. The molecule has 2 atom stereocenters. The van der Waals surface area contributed by atoms with E-state index >= 15 is 0 Å². The number of rotatable bonds is 4. The molecule has 0 unspecified atom stereocenters. The molecule has 3 aliphatic heterocycles. The molecule has 11 heteroatoms. The van der Waals surface area contributed by atoms with Crippen molar-refractivity contribution in [2.75, 3.05) is 31.3 Å². The smallest absolute Gasteiger partial charge is 0.319 e. The van der Waals surface area contributed by atoms with Crippen LogP contribution >= 0.6 is 11.6 Å². The first-order chi connectivity index (χ1) is 14.9. The molecule has 0 spiro atoms. The van der Waals surface area contributed by atoms with Crippen LogP contribution in [0.1, 0.15) is 38.5 Å². The normalized spacial score (nSPS) is 26.7. The van der Waals surface area contributed by atoms with Gasteiger partial charge in [-0.15, -0.1) is 0 Å². The van der Waals surface area contributed by atoms with Gasteiger partial charge in [0.2, 0.25) is 5.91 Å². The van der Waals surface area contributed by atoms with E-state index in [0.29, 0.717) is 37.1 Å². The summed E-state index contributed by atoms with van der Waals surface area (Å²) in [6, 6.07) is -0.0364. The van der Waals surface area contributed by atoms with Crippen LogP contribution in [0.3, 0.4) is 0 Å². The van der Waals surface area contributed by atoms with Crippen molar-refractivity contribution in [3.63, 3.8) is 0 Å². The lowest BCUT2D eigenvalue weighted by Crippen LogP contribution is -2.44. The standard InChI is InChI=1S/C20H23ClF2N6O2/c21-17-15(23)16-13(9-24-17)18(29-7-2-1-4-14(30)27-29)26-19(25-16)31-11-20-5-3-6-28(20)10-12(22)8-20/h9,12H,1-8,10-11H2,(H,27,30)/t12-,20+/m1/s1. The van der Waals surface area contributed by atoms with Crippen LogP contribution in [0.2, 0.25) is 5.15 Å². The molecular formula is C20H23ClF2N6O2. The first-order valence-electron chi connectivity index (χ1n) is 10.6. The van der Waals surface area contributed by atoms with Crippen LogP contribution in [0.25, 0.3) is 10.9 Å². The Balaban J connectivity index is 1.51. The number of hydrogen-bond donors (Lipinski definition) is 1. The van der Waals surface area contributed by atoms with Crippen LogP contribution in [0.4, 0.5) is 14.6 Å². The Bertz CT molecular complexity index is 1030. The summed E-state index contributed by atoms with van der Waals surface area (Å²) in [7, 11) is 0. The van der Waals surface area contributed by atoms with Gasteiger partial charge >= 0.3 is 6.01 Å². The lowest BCUT2D eigenvalue weighted by Gasteiger charge is -2.31. The van der Waals surface area contributed by atoms with Crippen molar-refractivity contribution in [1.29, 1.82) is 0 Å². The Hall–Kier alpha value is -2.33. The monoisotopic (exact) mass is 452 g/mol. The summed E-state index contributed by atoms with van der Waals surface area (Å²) in [5.74, 6) is -0.623. The predicted molar refractivity (Wildman–Crippen MR) is 110 cm³/mol. The van der Waals surface area contributed by atoms with Gasteiger partial charge in [0.1, 0.15) is 18.3 Å². The number of halogens is 3. The molecule has 3 fully saturated rings. The summed E-state index contributed by atoms with van der Waals surface area (Å²) >= 11 is 5.88. The number of carbonyl (C=O) groups is 1. The zero-order valence-corrected chi connectivity index (χ0v) is 17.7. The van der Waals surface area contributed by atoms with Crippen LogP contribution in [0.5, 0.6) is 6.01 Å². The number of carbonyl (C=O) groups excluding carboxylic acids is 1. The number of hydrazine groups is 1. The van der Waals surface area contributed by atoms with Crippen LogP contribution in [-0.4, -0.2) is 63.7 Å². The molecule has 8 nitrogen and oxygen atoms in total. The van der Waals surface area contributed by atoms with Crippen LogP contribution in [0, 0.1) is 5.82 Å². The molecule has 1 N–H and O–H groups in total. The van der Waals surface area contributed by atoms with Crippen molar-refractivity contribution in [1.82, 2.24) is 25.3 Å². The number of amides is 1. The van der Waals surface area contributed by atoms with Crippen molar-refractivity contribution < 1.29 is 18.3 Å². The van der Waals surface area contributed by atoms with E-state index in [2.05, 4.69) is 25.3 Å². The quantitative estimate of drug-likeness (QED) is 0.714. The predicted octanol–water partition coefficient (Wildman–Crippen LogP) is 2.79. The minimum atomic E-state index is -0.883. The summed E-state index contributed by atoms with van der Waals surface area (Å²) in [6.07, 6.45) is 4.64. The number of pyridine rings is 1. The number of nitrogens with one attached hydrogen (secondary N) is 1. The summed E-state index contributed by atoms with van der Waals surface area (Å²) in [4.78, 5) is 26.8. The third kappa shape index (κ3) is 3.76. The lowest BCUT2D eigenvalue weighted by atomic mass is 9.95. The van der Waals surface area contributed by atoms with Gasteiger partial charge in [-0.2, -0.15) is 9.97 Å². The fraction of sp³-hybridized carbons (Fsp3) is 0.600. The molecule has 0 saturated carbocycles. The van der Waals surface area contributed by atoms with Gasteiger partial charge in [-0.3, -0.25) is 20.1 Å². The van der Waals surface area contributed by atoms with E-state index in [0.717, 1.165) is 32.2 Å². The summed E-state index contributed by atoms with van der Waals surface area (Å²) in [5.41, 5.74) is 2.38. The van der Waals surface area contributed by atoms with E-state index in [-0.39, 0.29) is 34.7 Å². The Labute approximate surface area is 182 Å². The van der Waals surface area contributed by atoms with E-state index in [1.54, 1.807) is 5.01 Å². The Morgan fingerprint density at radius 1 is 1.29 bits per heavy atom. The highest BCUT2D eigenvalue weighted by Gasteiger charge is 2.49. The molecule has 5 heterocycles. The van der Waals surface area contributed by atoms with E-state index in [1.807, 2.05) is 0 Å². The molecule has 1 amide bonds. The Kier molecular flexibility index (Phi) is 5.29. The minimum Gasteiger partial charge on any atom is -0.461 e. The van der Waals surface area contributed by atoms with Gasteiger partial charge in [0.25, 0.3) is 0 Å². The van der Waals surface area contributed by atoms with Gasteiger partial charge < -0.3 is 4.74 Å². The number of ether oxygens (including phenoxy) is 1. The van der Waals surface area contributed by atoms with Crippen LogP contribution in [-0.2, 0) is 4.79 Å². The average molecular weight is 453 g/mol. The first kappa shape index (κ1) is 20.6. The second kappa shape index (κ2) is 7.98. The molecule has 166 valence electrons. The van der Waals surface area contributed by atoms with E-state index in [9.17, 15) is 13.6 Å². The van der Waals surface area contributed by atoms with E-state index in [4.69, 9.17) is 16.3 Å². The highest BCUT2D eigenvalue weighted by Crippen LogP contribution is 2.40. The second-order valence-electron chi connectivity index (χ2n) is 8.46. The molecule has 2 aromatic heterocycles. The van der Waals surface area contributed by atoms with E-state index in [1.165, 1.54) is 6.20 Å². The fourth-order valence-electron chi connectivity index (χ4n) is 4.89. The molecule has 5 rings (SSSR count). The number of aromatic nitrogens is 3. The Morgan fingerprint density at radius 2 is 2.16 bits per heavy atom. The maximum absolute atomic E-state index is 14.8. The second-order valence-corrected chi connectivity index (χ2v) is 8.82. The van der Waals surface area contributed by atoms with Gasteiger partial charge in [0.05, 0.1) is 10.9 Å². The van der Waals surface area contributed by atoms with Crippen molar-refractivity contribution in [3.8, 4) is 6.01 Å². The maximum Gasteiger partial charge on any atom is 0.319 e. The molecule has 0 aliphatic carbocycles. The Morgan fingerprint density at radius 3 is 3.03 bits per heavy atom. The molecule has 0 aromatic carbocycles. The molecule has 3 aliphatic rings. The number of anilines is 1. The topological polar surface area (TPSA) is 83.5 Å². The van der Waals surface area contributed by atoms with Gasteiger partial charge in [-0.1, -0.05) is 11.6 Å². The maximum atomic E-state index is 14.8. The third-order valence-electron chi connectivity index (χ3n) is 6.38. The van der Waals surface area contributed by atoms with Crippen molar-refractivity contribution in [2.45, 2.75) is 50.2 Å². The first-order valence-corrected chi connectivity index (χ1v) is 10.9. The molecular weight excluding hydrogens is 430 g/mol. The SMILES string of the molecule is O=C1CCCCN(c2nc(OC[C@@]34CCCN3C[C@H](F)C4)nc3c(F)c(Cl)ncc23)N1. The zero-order chi connectivity index (χ0) is 21.6. The number of alkyl halides is 1. The highest BCUT2D eigenvalue weighted by atomic mass is 35.5. The lowest BCUT2D eigenvalue weighted by molar-refractivity contribution is -0.121. The molecule has 31 heavy (non-hydrogen) atoms. The van der Waals surface area contributed by atoms with Crippen LogP contribution < -0.4 is 15.2 Å². The van der Waals surface area contributed by atoms with Crippen molar-refractivity contribution >= 4 is 34.2 Å². The average Bonchev–Trinajstić information content (AvgIpc) is 3.17. The summed E-state index contributed by atoms with van der Waals surface area (Å²) < 4.78 is 34.8. The van der Waals surface area contributed by atoms with Gasteiger partial charge in [-0.05, 0) is 32.2 Å². The largest absolute Gasteiger partial charge is 0.461 e. The van der Waals surface area contributed by atoms with Crippen LogP contribution in [0.15, 0.2) is 6.20 Å². The van der Waals surface area contributed by atoms with Gasteiger partial charge in [0.15, 0.2) is 16.8 Å². The molecule has 2 aromatic rings. The third-order valence-corrected chi connectivity index (χ3v) is 6.65. The van der Waals surface area contributed by atoms with Gasteiger partial charge in [-0.25, -0.2) is 13.8 Å². The molecule has 0 radical (unpaired) electrons. The van der Waals surface area contributed by atoms with Crippen molar-refractivity contribution in [3.05, 3.63) is 17.2 Å². The summed E-state index contributed by atoms with van der Waals surface area (Å²) in [6.45, 7) is 1.96. The van der Waals surface area contributed by atoms with Gasteiger partial charge in [0, 0.05) is 32.1 Å². The molecule has 0 bridgehead atoms. The number of hydrogen-bond acceptors (Lipinski definition) is 7. The number of fused-ring (bicyclic) bond motifs is 2. The number of nitrogens with zero attached hydrogens (tertiary/aromatic N) is 5. The summed E-state index contributed by atoms with van der Waals surface area (Å²) in [5, 5.41) is 1.59. The highest BCUT2D eigenvalue weighted by molar-refractivity contribution is 6.30. The van der Waals surface area contributed by atoms with E-state index < -0.39 is 12.0 Å². The zero-order valence-electron chi connectivity index (χ0n) is 16.9. The molecule has 3 saturated heterocycles. The van der Waals surface area contributed by atoms with Crippen molar-refractivity contribution in [2.24, 2.45) is 0 Å².